The Morgan fingerprint density at radius 1 is 1.15 bits per heavy atom. The van der Waals surface area contributed by atoms with Crippen LogP contribution in [0.4, 0.5) is 10.1 Å². The molecule has 4 heteroatoms. The van der Waals surface area contributed by atoms with Crippen LogP contribution in [0.5, 0.6) is 5.75 Å². The first-order chi connectivity index (χ1) is 9.63. The molecule has 0 saturated carbocycles. The van der Waals surface area contributed by atoms with Crippen LogP contribution < -0.4 is 15.4 Å². The Morgan fingerprint density at radius 2 is 1.85 bits per heavy atom. The van der Waals surface area contributed by atoms with Gasteiger partial charge in [0, 0.05) is 31.4 Å². The Morgan fingerprint density at radius 3 is 2.45 bits per heavy atom. The summed E-state index contributed by atoms with van der Waals surface area (Å²) in [5, 5.41) is 0. The minimum atomic E-state index is -0.226. The van der Waals surface area contributed by atoms with E-state index in [-0.39, 0.29) is 5.82 Å². The van der Waals surface area contributed by atoms with E-state index >= 15 is 0 Å². The van der Waals surface area contributed by atoms with Gasteiger partial charge in [-0.3, -0.25) is 0 Å². The lowest BCUT2D eigenvalue weighted by atomic mass is 10.1. The van der Waals surface area contributed by atoms with Crippen LogP contribution in [-0.2, 0) is 13.1 Å². The van der Waals surface area contributed by atoms with E-state index in [1.54, 1.807) is 19.2 Å². The molecule has 0 aromatic heterocycles. The van der Waals surface area contributed by atoms with Gasteiger partial charge in [-0.1, -0.05) is 12.1 Å². The van der Waals surface area contributed by atoms with Gasteiger partial charge in [0.05, 0.1) is 7.11 Å². The average Bonchev–Trinajstić information content (AvgIpc) is 2.47. The highest BCUT2D eigenvalue weighted by molar-refractivity contribution is 5.47. The first-order valence-corrected chi connectivity index (χ1v) is 6.46. The lowest BCUT2D eigenvalue weighted by Crippen LogP contribution is -2.16. The van der Waals surface area contributed by atoms with Crippen LogP contribution in [0.2, 0.25) is 0 Å². The van der Waals surface area contributed by atoms with E-state index in [0.717, 1.165) is 22.6 Å². The normalized spacial score (nSPS) is 10.4. The van der Waals surface area contributed by atoms with Crippen molar-refractivity contribution in [2.75, 3.05) is 19.1 Å². The predicted octanol–water partition coefficient (Wildman–Crippen LogP) is 2.93. The lowest BCUT2D eigenvalue weighted by molar-refractivity contribution is 0.409. The maximum absolute atomic E-state index is 12.9. The summed E-state index contributed by atoms with van der Waals surface area (Å²) in [6.07, 6.45) is 0. The minimum absolute atomic E-state index is 0.226. The minimum Gasteiger partial charge on any atom is -0.496 e. The van der Waals surface area contributed by atoms with Gasteiger partial charge in [-0.15, -0.1) is 0 Å². The number of anilines is 1. The summed E-state index contributed by atoms with van der Waals surface area (Å²) >= 11 is 0. The lowest BCUT2D eigenvalue weighted by Gasteiger charge is -2.20. The number of hydrogen-bond donors (Lipinski definition) is 1. The van der Waals surface area contributed by atoms with Gasteiger partial charge in [-0.2, -0.15) is 0 Å². The molecule has 2 rings (SSSR count). The zero-order valence-corrected chi connectivity index (χ0v) is 11.8. The smallest absolute Gasteiger partial charge is 0.123 e. The van der Waals surface area contributed by atoms with Crippen molar-refractivity contribution in [3.63, 3.8) is 0 Å². The first-order valence-electron chi connectivity index (χ1n) is 6.46. The number of halogens is 1. The summed E-state index contributed by atoms with van der Waals surface area (Å²) in [5.74, 6) is 0.577. The van der Waals surface area contributed by atoms with Crippen molar-refractivity contribution in [2.24, 2.45) is 5.73 Å². The molecule has 0 radical (unpaired) electrons. The summed E-state index contributed by atoms with van der Waals surface area (Å²) in [6, 6.07) is 12.5. The summed E-state index contributed by atoms with van der Waals surface area (Å²) in [6.45, 7) is 1.17. The third-order valence-electron chi connectivity index (χ3n) is 3.26. The molecule has 0 amide bonds. The molecule has 0 aliphatic carbocycles. The van der Waals surface area contributed by atoms with Crippen LogP contribution in [0, 0.1) is 5.82 Å². The number of benzene rings is 2. The fourth-order valence-electron chi connectivity index (χ4n) is 2.12. The molecule has 0 atom stereocenters. The van der Waals surface area contributed by atoms with Gasteiger partial charge in [-0.25, -0.2) is 4.39 Å². The highest BCUT2D eigenvalue weighted by Crippen LogP contribution is 2.22. The van der Waals surface area contributed by atoms with Gasteiger partial charge in [0.1, 0.15) is 11.6 Å². The second-order valence-corrected chi connectivity index (χ2v) is 4.68. The summed E-state index contributed by atoms with van der Waals surface area (Å²) in [7, 11) is 3.61. The number of hydrogen-bond acceptors (Lipinski definition) is 3. The summed E-state index contributed by atoms with van der Waals surface area (Å²) in [5.41, 5.74) is 8.73. The van der Waals surface area contributed by atoms with Crippen molar-refractivity contribution in [3.8, 4) is 5.75 Å². The second kappa shape index (κ2) is 6.39. The summed E-state index contributed by atoms with van der Waals surface area (Å²) < 4.78 is 18.2. The number of methoxy groups -OCH3 is 1. The van der Waals surface area contributed by atoms with Crippen LogP contribution in [0.25, 0.3) is 0 Å². The molecule has 2 aromatic rings. The van der Waals surface area contributed by atoms with Crippen molar-refractivity contribution in [1.82, 2.24) is 0 Å². The van der Waals surface area contributed by atoms with E-state index in [4.69, 9.17) is 10.5 Å². The Hall–Kier alpha value is -2.07. The molecular weight excluding hydrogens is 255 g/mol. The molecule has 3 nitrogen and oxygen atoms in total. The third-order valence-corrected chi connectivity index (χ3v) is 3.26. The molecular formula is C16H19FN2O. The number of ether oxygens (including phenoxy) is 1. The molecule has 20 heavy (non-hydrogen) atoms. The maximum Gasteiger partial charge on any atom is 0.123 e. The van der Waals surface area contributed by atoms with Crippen molar-refractivity contribution < 1.29 is 9.13 Å². The van der Waals surface area contributed by atoms with Gasteiger partial charge in [-0.05, 0) is 35.9 Å². The largest absolute Gasteiger partial charge is 0.496 e. The highest BCUT2D eigenvalue weighted by atomic mass is 19.1. The summed E-state index contributed by atoms with van der Waals surface area (Å²) in [4.78, 5) is 2.05. The molecule has 0 aliphatic heterocycles. The third kappa shape index (κ3) is 3.27. The highest BCUT2D eigenvalue weighted by Gasteiger charge is 2.06. The van der Waals surface area contributed by atoms with Crippen molar-refractivity contribution in [3.05, 3.63) is 59.4 Å². The zero-order chi connectivity index (χ0) is 14.5. The predicted molar refractivity (Wildman–Crippen MR) is 79.4 cm³/mol. The van der Waals surface area contributed by atoms with Crippen molar-refractivity contribution >= 4 is 5.69 Å². The number of nitrogens with zero attached hydrogens (tertiary/aromatic N) is 1. The Kier molecular flexibility index (Phi) is 4.58. The van der Waals surface area contributed by atoms with Gasteiger partial charge < -0.3 is 15.4 Å². The Bertz CT molecular complexity index is 569. The van der Waals surface area contributed by atoms with E-state index in [0.29, 0.717) is 13.1 Å². The Labute approximate surface area is 118 Å². The molecule has 0 heterocycles. The van der Waals surface area contributed by atoms with Gasteiger partial charge in [0.15, 0.2) is 0 Å². The van der Waals surface area contributed by atoms with Crippen LogP contribution in [0.3, 0.4) is 0 Å². The van der Waals surface area contributed by atoms with Crippen LogP contribution >= 0.6 is 0 Å². The SMILES string of the molecule is COc1cc(CN(C)c2ccc(F)cc2)ccc1CN. The molecule has 0 spiro atoms. The van der Waals surface area contributed by atoms with Gasteiger partial charge in [0.2, 0.25) is 0 Å². The molecule has 0 unspecified atom stereocenters. The van der Waals surface area contributed by atoms with Crippen LogP contribution in [-0.4, -0.2) is 14.2 Å². The van der Waals surface area contributed by atoms with Crippen molar-refractivity contribution in [1.29, 1.82) is 0 Å². The standard InChI is InChI=1S/C16H19FN2O/c1-19(15-7-5-14(17)6-8-15)11-12-3-4-13(10-18)16(9-12)20-2/h3-9H,10-11,18H2,1-2H3. The number of nitrogens with two attached hydrogens (primary N) is 1. The quantitative estimate of drug-likeness (QED) is 0.911. The maximum atomic E-state index is 12.9. The van der Waals surface area contributed by atoms with Crippen LogP contribution in [0.1, 0.15) is 11.1 Å². The molecule has 106 valence electrons. The van der Waals surface area contributed by atoms with E-state index < -0.39 is 0 Å². The van der Waals surface area contributed by atoms with E-state index in [9.17, 15) is 4.39 Å². The second-order valence-electron chi connectivity index (χ2n) is 4.68. The molecule has 0 bridgehead atoms. The van der Waals surface area contributed by atoms with E-state index in [1.165, 1.54) is 12.1 Å². The zero-order valence-electron chi connectivity index (χ0n) is 11.8. The fraction of sp³-hybridized carbons (Fsp3) is 0.250. The molecule has 0 aliphatic rings. The molecule has 0 fully saturated rings. The van der Waals surface area contributed by atoms with Crippen LogP contribution in [0.15, 0.2) is 42.5 Å². The van der Waals surface area contributed by atoms with E-state index in [2.05, 4.69) is 4.90 Å². The van der Waals surface area contributed by atoms with Gasteiger partial charge >= 0.3 is 0 Å². The van der Waals surface area contributed by atoms with E-state index in [1.807, 2.05) is 25.2 Å². The molecule has 2 N–H and O–H groups in total. The topological polar surface area (TPSA) is 38.5 Å². The van der Waals surface area contributed by atoms with Crippen molar-refractivity contribution in [2.45, 2.75) is 13.1 Å². The van der Waals surface area contributed by atoms with Gasteiger partial charge in [0.25, 0.3) is 0 Å². The fourth-order valence-corrected chi connectivity index (χ4v) is 2.12. The molecule has 0 saturated heterocycles. The monoisotopic (exact) mass is 274 g/mol. The number of rotatable bonds is 5. The Balaban J connectivity index is 2.15. The molecule has 2 aromatic carbocycles. The first kappa shape index (κ1) is 14.3. The average molecular weight is 274 g/mol.